The Morgan fingerprint density at radius 1 is 1.54 bits per heavy atom. The molecule has 0 unspecified atom stereocenters. The fourth-order valence-electron chi connectivity index (χ4n) is 1.07. The first-order valence-electron chi connectivity index (χ1n) is 3.90. The van der Waals surface area contributed by atoms with Gasteiger partial charge in [-0.25, -0.2) is 0 Å². The van der Waals surface area contributed by atoms with Crippen molar-refractivity contribution in [1.29, 1.82) is 0 Å². The molecule has 0 amide bonds. The van der Waals surface area contributed by atoms with Crippen LogP contribution in [0.25, 0.3) is 0 Å². The number of allylic oxidation sites excluding steroid dienone is 2. The van der Waals surface area contributed by atoms with Gasteiger partial charge >= 0.3 is 5.97 Å². The highest BCUT2D eigenvalue weighted by Gasteiger charge is 2.35. The van der Waals surface area contributed by atoms with Gasteiger partial charge in [0.05, 0.1) is 0 Å². The van der Waals surface area contributed by atoms with Crippen molar-refractivity contribution in [3.05, 3.63) is 25.3 Å². The van der Waals surface area contributed by atoms with Crippen molar-refractivity contribution >= 4 is 18.6 Å². The molecule has 0 aliphatic heterocycles. The van der Waals surface area contributed by atoms with E-state index < -0.39 is 16.8 Å². The molecule has 0 heterocycles. The van der Waals surface area contributed by atoms with Crippen molar-refractivity contribution in [2.24, 2.45) is 5.73 Å². The molecule has 0 aromatic carbocycles. The number of rotatable bonds is 6. The van der Waals surface area contributed by atoms with Crippen LogP contribution in [0.15, 0.2) is 25.3 Å². The third-order valence-corrected chi connectivity index (χ3v) is 2.48. The predicted octanol–water partition coefficient (Wildman–Crippen LogP) is 1.22. The van der Waals surface area contributed by atoms with Crippen LogP contribution in [0.5, 0.6) is 0 Å². The molecule has 0 radical (unpaired) electrons. The lowest BCUT2D eigenvalue weighted by Gasteiger charge is -2.29. The maximum atomic E-state index is 10.7. The van der Waals surface area contributed by atoms with Gasteiger partial charge in [0.2, 0.25) is 0 Å². The van der Waals surface area contributed by atoms with E-state index in [1.165, 1.54) is 0 Å². The number of thiol groups is 1. The van der Waals surface area contributed by atoms with Crippen LogP contribution in [0.4, 0.5) is 0 Å². The molecular formula is C9H15NO2S. The summed E-state index contributed by atoms with van der Waals surface area (Å²) >= 11 is 4.26. The quantitative estimate of drug-likeness (QED) is 0.447. The summed E-state index contributed by atoms with van der Waals surface area (Å²) in [6, 6.07) is -1.01. The zero-order valence-corrected chi connectivity index (χ0v) is 8.33. The van der Waals surface area contributed by atoms with Crippen molar-refractivity contribution in [3.63, 3.8) is 0 Å². The summed E-state index contributed by atoms with van der Waals surface area (Å²) in [6.07, 6.45) is 4.10. The Hall–Kier alpha value is -0.740. The molecule has 0 bridgehead atoms. The van der Waals surface area contributed by atoms with Gasteiger partial charge in [-0.2, -0.15) is 12.6 Å². The second-order valence-electron chi connectivity index (χ2n) is 2.91. The number of carboxylic acids is 1. The molecule has 0 aromatic heterocycles. The van der Waals surface area contributed by atoms with Gasteiger partial charge < -0.3 is 10.8 Å². The van der Waals surface area contributed by atoms with Crippen molar-refractivity contribution in [3.8, 4) is 0 Å². The van der Waals surface area contributed by atoms with E-state index in [4.69, 9.17) is 10.8 Å². The zero-order valence-electron chi connectivity index (χ0n) is 7.44. The summed E-state index contributed by atoms with van der Waals surface area (Å²) in [4.78, 5) is 10.7. The van der Waals surface area contributed by atoms with Crippen molar-refractivity contribution < 1.29 is 9.90 Å². The van der Waals surface area contributed by atoms with Crippen LogP contribution < -0.4 is 5.73 Å². The molecule has 0 saturated heterocycles. The van der Waals surface area contributed by atoms with E-state index in [9.17, 15) is 4.79 Å². The summed E-state index contributed by atoms with van der Waals surface area (Å²) in [6.45, 7) is 7.08. The van der Waals surface area contributed by atoms with E-state index in [1.54, 1.807) is 12.2 Å². The van der Waals surface area contributed by atoms with Gasteiger partial charge in [-0.1, -0.05) is 12.2 Å². The molecule has 0 spiro atoms. The molecule has 0 saturated carbocycles. The third-order valence-electron chi connectivity index (χ3n) is 1.84. The minimum absolute atomic E-state index is 0.440. The fourth-order valence-corrected chi connectivity index (χ4v) is 1.44. The summed E-state index contributed by atoms with van der Waals surface area (Å²) in [7, 11) is 0. The highest BCUT2D eigenvalue weighted by molar-refractivity contribution is 7.82. The maximum absolute atomic E-state index is 10.7. The van der Waals surface area contributed by atoms with Gasteiger partial charge in [-0.05, 0) is 12.8 Å². The highest BCUT2D eigenvalue weighted by Crippen LogP contribution is 2.28. The van der Waals surface area contributed by atoms with Gasteiger partial charge in [-0.15, -0.1) is 13.2 Å². The lowest BCUT2D eigenvalue weighted by atomic mass is 9.92. The molecule has 0 aliphatic carbocycles. The smallest absolute Gasteiger partial charge is 0.321 e. The highest BCUT2D eigenvalue weighted by atomic mass is 32.1. The Bertz CT molecular complexity index is 206. The van der Waals surface area contributed by atoms with Gasteiger partial charge in [0.1, 0.15) is 6.04 Å². The minimum atomic E-state index is -1.06. The number of carbonyl (C=O) groups is 1. The molecule has 1 atom stereocenters. The number of aliphatic carboxylic acids is 1. The number of hydrogen-bond acceptors (Lipinski definition) is 3. The van der Waals surface area contributed by atoms with Crippen LogP contribution in [0, 0.1) is 0 Å². The molecule has 13 heavy (non-hydrogen) atoms. The normalized spacial score (nSPS) is 13.4. The van der Waals surface area contributed by atoms with Crippen LogP contribution in [-0.4, -0.2) is 21.9 Å². The predicted molar refractivity (Wildman–Crippen MR) is 57.0 cm³/mol. The van der Waals surface area contributed by atoms with E-state index in [0.29, 0.717) is 12.8 Å². The maximum Gasteiger partial charge on any atom is 0.321 e. The molecule has 0 fully saturated rings. The Kier molecular flexibility index (Phi) is 4.80. The summed E-state index contributed by atoms with van der Waals surface area (Å²) in [5.41, 5.74) is 5.50. The third kappa shape index (κ3) is 3.24. The molecule has 0 aromatic rings. The van der Waals surface area contributed by atoms with Crippen LogP contribution in [0.2, 0.25) is 0 Å². The molecule has 3 nitrogen and oxygen atoms in total. The average molecular weight is 201 g/mol. The molecule has 3 N–H and O–H groups in total. The molecule has 0 aliphatic rings. The first kappa shape index (κ1) is 12.3. The van der Waals surface area contributed by atoms with Crippen LogP contribution >= 0.6 is 12.6 Å². The first-order chi connectivity index (χ1) is 5.98. The number of nitrogens with two attached hydrogens (primary N) is 1. The second-order valence-corrected chi connectivity index (χ2v) is 3.80. The topological polar surface area (TPSA) is 63.3 Å². The lowest BCUT2D eigenvalue weighted by molar-refractivity contribution is -0.139. The number of carboxylic acid groups (broad SMARTS) is 1. The van der Waals surface area contributed by atoms with Gasteiger partial charge in [0.25, 0.3) is 0 Å². The van der Waals surface area contributed by atoms with Gasteiger partial charge in [0.15, 0.2) is 0 Å². The molecular weight excluding hydrogens is 186 g/mol. The van der Waals surface area contributed by atoms with E-state index in [1.807, 2.05) is 0 Å². The molecule has 74 valence electrons. The van der Waals surface area contributed by atoms with E-state index in [-0.39, 0.29) is 0 Å². The molecule has 0 rings (SSSR count). The monoisotopic (exact) mass is 201 g/mol. The SMILES string of the molecule is C=CCC(S)(CC=C)[C@H](N)C(=O)O. The summed E-state index contributed by atoms with van der Waals surface area (Å²) < 4.78 is -0.782. The van der Waals surface area contributed by atoms with E-state index in [0.717, 1.165) is 0 Å². The van der Waals surface area contributed by atoms with Crippen LogP contribution in [-0.2, 0) is 4.79 Å². The van der Waals surface area contributed by atoms with E-state index in [2.05, 4.69) is 25.8 Å². The Balaban J connectivity index is 4.64. The zero-order chi connectivity index (χ0) is 10.5. The average Bonchev–Trinajstić information content (AvgIpc) is 2.03. The Labute approximate surface area is 83.7 Å². The van der Waals surface area contributed by atoms with Crippen molar-refractivity contribution in [1.82, 2.24) is 0 Å². The van der Waals surface area contributed by atoms with Crippen molar-refractivity contribution in [2.45, 2.75) is 23.6 Å². The standard InChI is InChI=1S/C9H15NO2S/c1-3-5-9(13,6-4-2)7(10)8(11)12/h3-4,7,13H,1-2,5-6,10H2,(H,11,12)/t7-/m1/s1. The second kappa shape index (κ2) is 5.09. The summed E-state index contributed by atoms with van der Waals surface area (Å²) in [5.74, 6) is -1.06. The molecule has 4 heteroatoms. The van der Waals surface area contributed by atoms with E-state index >= 15 is 0 Å². The van der Waals surface area contributed by atoms with Gasteiger partial charge in [-0.3, -0.25) is 4.79 Å². The Morgan fingerprint density at radius 2 is 1.92 bits per heavy atom. The number of hydrogen-bond donors (Lipinski definition) is 3. The van der Waals surface area contributed by atoms with Gasteiger partial charge in [0, 0.05) is 4.75 Å². The van der Waals surface area contributed by atoms with Crippen molar-refractivity contribution in [2.75, 3.05) is 0 Å². The lowest BCUT2D eigenvalue weighted by Crippen LogP contribution is -2.48. The Morgan fingerprint density at radius 3 is 2.15 bits per heavy atom. The summed E-state index contributed by atoms with van der Waals surface area (Å²) in [5, 5.41) is 8.73. The first-order valence-corrected chi connectivity index (χ1v) is 4.35. The van der Waals surface area contributed by atoms with Crippen LogP contribution in [0.3, 0.4) is 0 Å². The fraction of sp³-hybridized carbons (Fsp3) is 0.444. The largest absolute Gasteiger partial charge is 0.480 e. The minimum Gasteiger partial charge on any atom is -0.480 e. The van der Waals surface area contributed by atoms with Crippen LogP contribution in [0.1, 0.15) is 12.8 Å².